The van der Waals surface area contributed by atoms with Gasteiger partial charge >= 0.3 is 18.0 Å². The molecule has 1 aliphatic rings. The van der Waals surface area contributed by atoms with Gasteiger partial charge in [0, 0.05) is 24.9 Å². The summed E-state index contributed by atoms with van der Waals surface area (Å²) in [4.78, 5) is 52.5. The SMILES string of the molecule is CNC(=O)N1C(=O)N=C(C)C(C(=O)OC(C)C)C1c1cccc([N+](=O)[O-])c1. The molecule has 4 amide bonds. The molecule has 0 aromatic heterocycles. The third-order valence-corrected chi connectivity index (χ3v) is 3.98. The minimum atomic E-state index is -1.12. The van der Waals surface area contributed by atoms with Gasteiger partial charge in [-0.25, -0.2) is 19.5 Å². The van der Waals surface area contributed by atoms with Crippen molar-refractivity contribution in [2.24, 2.45) is 10.9 Å². The van der Waals surface area contributed by atoms with E-state index < -0.39 is 41.0 Å². The van der Waals surface area contributed by atoms with Crippen LogP contribution < -0.4 is 5.32 Å². The molecule has 0 aliphatic carbocycles. The highest BCUT2D eigenvalue weighted by atomic mass is 16.6. The van der Waals surface area contributed by atoms with E-state index in [1.807, 2.05) is 0 Å². The van der Waals surface area contributed by atoms with Crippen molar-refractivity contribution in [3.63, 3.8) is 0 Å². The van der Waals surface area contributed by atoms with E-state index in [9.17, 15) is 24.5 Å². The van der Waals surface area contributed by atoms with Gasteiger partial charge in [-0.3, -0.25) is 14.9 Å². The van der Waals surface area contributed by atoms with Gasteiger partial charge in [-0.15, -0.1) is 0 Å². The highest BCUT2D eigenvalue weighted by Gasteiger charge is 2.46. The number of urea groups is 2. The lowest BCUT2D eigenvalue weighted by Gasteiger charge is -2.36. The van der Waals surface area contributed by atoms with Gasteiger partial charge in [0.05, 0.1) is 17.1 Å². The van der Waals surface area contributed by atoms with Crippen molar-refractivity contribution in [3.05, 3.63) is 39.9 Å². The van der Waals surface area contributed by atoms with Gasteiger partial charge in [0.2, 0.25) is 0 Å². The van der Waals surface area contributed by atoms with Gasteiger partial charge in [-0.1, -0.05) is 12.1 Å². The standard InChI is InChI=1S/C17H20N4O6/c1-9(2)27-15(22)13-10(3)19-17(24)20(16(23)18-4)14(13)11-6-5-7-12(8-11)21(25)26/h5-9,13-14H,1-4H3,(H,18,23). The fraction of sp³-hybridized carbons (Fsp3) is 0.412. The Labute approximate surface area is 155 Å². The van der Waals surface area contributed by atoms with Crippen molar-refractivity contribution in [2.75, 3.05) is 7.05 Å². The summed E-state index contributed by atoms with van der Waals surface area (Å²) < 4.78 is 5.26. The van der Waals surface area contributed by atoms with Crippen molar-refractivity contribution < 1.29 is 24.0 Å². The molecule has 1 aromatic rings. The number of nitro groups is 1. The molecule has 2 atom stereocenters. The smallest absolute Gasteiger partial charge is 0.352 e. The number of hydrogen-bond acceptors (Lipinski definition) is 6. The molecule has 1 aliphatic heterocycles. The van der Waals surface area contributed by atoms with E-state index in [1.165, 1.54) is 38.2 Å². The Morgan fingerprint density at radius 2 is 2.04 bits per heavy atom. The van der Waals surface area contributed by atoms with E-state index in [0.29, 0.717) is 0 Å². The van der Waals surface area contributed by atoms with Crippen molar-refractivity contribution in [2.45, 2.75) is 32.9 Å². The van der Waals surface area contributed by atoms with Gasteiger partial charge in [-0.2, -0.15) is 0 Å². The number of non-ortho nitro benzene ring substituents is 1. The number of rotatable bonds is 4. The number of imide groups is 1. The molecular weight excluding hydrogens is 356 g/mol. The first-order valence-electron chi connectivity index (χ1n) is 8.22. The normalized spacial score (nSPS) is 19.5. The highest BCUT2D eigenvalue weighted by Crippen LogP contribution is 2.36. The number of carbonyl (C=O) groups excluding carboxylic acids is 3. The van der Waals surface area contributed by atoms with Gasteiger partial charge < -0.3 is 10.1 Å². The number of esters is 1. The fourth-order valence-corrected chi connectivity index (χ4v) is 2.87. The summed E-state index contributed by atoms with van der Waals surface area (Å²) in [6, 6.07) is 2.66. The summed E-state index contributed by atoms with van der Waals surface area (Å²) in [6.45, 7) is 4.81. The molecule has 144 valence electrons. The van der Waals surface area contributed by atoms with Crippen molar-refractivity contribution in [1.29, 1.82) is 0 Å². The lowest BCUT2D eigenvalue weighted by Crippen LogP contribution is -2.52. The van der Waals surface area contributed by atoms with E-state index in [0.717, 1.165) is 4.90 Å². The lowest BCUT2D eigenvalue weighted by atomic mass is 9.86. The topological polar surface area (TPSA) is 131 Å². The number of ether oxygens (including phenoxy) is 1. The van der Waals surface area contributed by atoms with E-state index >= 15 is 0 Å². The molecule has 1 aromatic carbocycles. The molecule has 10 nitrogen and oxygen atoms in total. The van der Waals surface area contributed by atoms with E-state index in [4.69, 9.17) is 4.74 Å². The van der Waals surface area contributed by atoms with E-state index in [2.05, 4.69) is 10.3 Å². The Morgan fingerprint density at radius 3 is 2.59 bits per heavy atom. The Kier molecular flexibility index (Phi) is 5.88. The number of hydrogen-bond donors (Lipinski definition) is 1. The molecule has 0 radical (unpaired) electrons. The summed E-state index contributed by atoms with van der Waals surface area (Å²) in [5.74, 6) is -1.76. The lowest BCUT2D eigenvalue weighted by molar-refractivity contribution is -0.385. The van der Waals surface area contributed by atoms with Crippen LogP contribution >= 0.6 is 0 Å². The second-order valence-electron chi connectivity index (χ2n) is 6.22. The first-order valence-corrected chi connectivity index (χ1v) is 8.22. The molecule has 0 saturated heterocycles. The van der Waals surface area contributed by atoms with Crippen molar-refractivity contribution in [3.8, 4) is 0 Å². The average Bonchev–Trinajstić information content (AvgIpc) is 2.59. The molecule has 0 fully saturated rings. The number of carbonyl (C=O) groups is 3. The zero-order valence-corrected chi connectivity index (χ0v) is 15.3. The van der Waals surface area contributed by atoms with Crippen LogP contribution in [0.3, 0.4) is 0 Å². The van der Waals surface area contributed by atoms with Gasteiger partial charge in [0.25, 0.3) is 5.69 Å². The first-order chi connectivity index (χ1) is 12.7. The molecule has 0 saturated carbocycles. The van der Waals surface area contributed by atoms with Crippen LogP contribution in [0.5, 0.6) is 0 Å². The molecule has 27 heavy (non-hydrogen) atoms. The molecule has 2 rings (SSSR count). The Hall–Kier alpha value is -3.30. The van der Waals surface area contributed by atoms with Crippen LogP contribution in [0.4, 0.5) is 15.3 Å². The zero-order valence-electron chi connectivity index (χ0n) is 15.3. The second kappa shape index (κ2) is 7.94. The molecule has 0 bridgehead atoms. The monoisotopic (exact) mass is 376 g/mol. The number of amides is 4. The molecule has 1 N–H and O–H groups in total. The molecule has 1 heterocycles. The van der Waals surface area contributed by atoms with Gasteiger partial charge in [0.1, 0.15) is 5.92 Å². The van der Waals surface area contributed by atoms with E-state index in [1.54, 1.807) is 13.8 Å². The third kappa shape index (κ3) is 4.10. The minimum Gasteiger partial charge on any atom is -0.462 e. The molecule has 0 spiro atoms. The van der Waals surface area contributed by atoms with Crippen LogP contribution in [0.25, 0.3) is 0 Å². The summed E-state index contributed by atoms with van der Waals surface area (Å²) in [5.41, 5.74) is 0.191. The summed E-state index contributed by atoms with van der Waals surface area (Å²) >= 11 is 0. The summed E-state index contributed by atoms with van der Waals surface area (Å²) in [5, 5.41) is 13.5. The second-order valence-corrected chi connectivity index (χ2v) is 6.22. The minimum absolute atomic E-state index is 0.169. The Bertz CT molecular complexity index is 819. The predicted octanol–water partition coefficient (Wildman–Crippen LogP) is 2.44. The van der Waals surface area contributed by atoms with Crippen molar-refractivity contribution >= 4 is 29.4 Å². The fourth-order valence-electron chi connectivity index (χ4n) is 2.87. The van der Waals surface area contributed by atoms with Crippen LogP contribution in [0.15, 0.2) is 29.3 Å². The maximum Gasteiger partial charge on any atom is 0.352 e. The number of nitro benzene ring substituents is 1. The van der Waals surface area contributed by atoms with Crippen LogP contribution in [-0.4, -0.2) is 46.7 Å². The summed E-state index contributed by atoms with van der Waals surface area (Å²) in [7, 11) is 1.33. The maximum atomic E-state index is 12.7. The molecule has 2 unspecified atom stereocenters. The molecular formula is C17H20N4O6. The Morgan fingerprint density at radius 1 is 1.37 bits per heavy atom. The van der Waals surface area contributed by atoms with Crippen LogP contribution in [0.1, 0.15) is 32.4 Å². The number of aliphatic imine (C=N–C) groups is 1. The van der Waals surface area contributed by atoms with Gasteiger partial charge in [0.15, 0.2) is 0 Å². The van der Waals surface area contributed by atoms with Crippen LogP contribution in [0, 0.1) is 16.0 Å². The molecule has 10 heteroatoms. The van der Waals surface area contributed by atoms with E-state index in [-0.39, 0.29) is 17.0 Å². The first kappa shape index (κ1) is 20.0. The Balaban J connectivity index is 2.64. The number of nitrogens with one attached hydrogen (secondary N) is 1. The van der Waals surface area contributed by atoms with Crippen molar-refractivity contribution in [1.82, 2.24) is 10.2 Å². The van der Waals surface area contributed by atoms with Crippen LogP contribution in [-0.2, 0) is 9.53 Å². The largest absolute Gasteiger partial charge is 0.462 e. The zero-order chi connectivity index (χ0) is 20.3. The number of benzene rings is 1. The summed E-state index contributed by atoms with van der Waals surface area (Å²) in [6.07, 6.45) is -0.429. The average molecular weight is 376 g/mol. The van der Waals surface area contributed by atoms with Gasteiger partial charge in [-0.05, 0) is 26.3 Å². The van der Waals surface area contributed by atoms with Crippen LogP contribution in [0.2, 0.25) is 0 Å². The maximum absolute atomic E-state index is 12.7. The third-order valence-electron chi connectivity index (χ3n) is 3.98. The number of nitrogens with zero attached hydrogens (tertiary/aromatic N) is 3. The quantitative estimate of drug-likeness (QED) is 0.488. The predicted molar refractivity (Wildman–Crippen MR) is 95.4 cm³/mol. The highest BCUT2D eigenvalue weighted by molar-refractivity contribution is 6.11.